The van der Waals surface area contributed by atoms with E-state index in [2.05, 4.69) is 20.6 Å². The van der Waals surface area contributed by atoms with E-state index in [-0.39, 0.29) is 11.9 Å². The van der Waals surface area contributed by atoms with E-state index >= 15 is 0 Å². The maximum Gasteiger partial charge on any atom is 0.270 e. The number of aromatic nitrogens is 2. The van der Waals surface area contributed by atoms with Crippen LogP contribution in [-0.4, -0.2) is 21.9 Å². The molecule has 1 heterocycles. The molecule has 6 nitrogen and oxygen atoms in total. The number of nitrogens with zero attached hydrogens (tertiary/aromatic N) is 2. The molecule has 0 unspecified atom stereocenters. The highest BCUT2D eigenvalue weighted by molar-refractivity contribution is 5.92. The first-order valence-electron chi connectivity index (χ1n) is 10.0. The molecule has 1 aliphatic rings. The van der Waals surface area contributed by atoms with Crippen LogP contribution in [0.15, 0.2) is 66.9 Å². The van der Waals surface area contributed by atoms with E-state index in [4.69, 9.17) is 4.74 Å². The maximum absolute atomic E-state index is 12.6. The molecule has 0 spiro atoms. The molecule has 2 N–H and O–H groups in total. The minimum absolute atomic E-state index is 0.156. The lowest BCUT2D eigenvalue weighted by atomic mass is 9.95. The lowest BCUT2D eigenvalue weighted by Gasteiger charge is -2.22. The van der Waals surface area contributed by atoms with Crippen LogP contribution in [0.25, 0.3) is 0 Å². The van der Waals surface area contributed by atoms with Crippen molar-refractivity contribution in [2.75, 3.05) is 5.32 Å². The third-order valence-corrected chi connectivity index (χ3v) is 4.93. The molecular formula is C23H24N4O2. The predicted octanol–water partition coefficient (Wildman–Crippen LogP) is 5.08. The van der Waals surface area contributed by atoms with Crippen molar-refractivity contribution in [1.29, 1.82) is 0 Å². The fourth-order valence-electron chi connectivity index (χ4n) is 3.45. The topological polar surface area (TPSA) is 76.1 Å². The summed E-state index contributed by atoms with van der Waals surface area (Å²) in [6, 6.07) is 19.0. The van der Waals surface area contributed by atoms with Gasteiger partial charge in [0.15, 0.2) is 5.75 Å². The van der Waals surface area contributed by atoms with Gasteiger partial charge in [-0.2, -0.15) is 0 Å². The van der Waals surface area contributed by atoms with Crippen molar-refractivity contribution in [3.63, 3.8) is 0 Å². The summed E-state index contributed by atoms with van der Waals surface area (Å²) in [5.74, 6) is 1.59. The van der Waals surface area contributed by atoms with Crippen molar-refractivity contribution in [3.05, 3.63) is 72.6 Å². The van der Waals surface area contributed by atoms with Crippen molar-refractivity contribution >= 4 is 17.5 Å². The Labute approximate surface area is 170 Å². The molecule has 1 aromatic heterocycles. The van der Waals surface area contributed by atoms with Gasteiger partial charge in [0, 0.05) is 12.2 Å². The van der Waals surface area contributed by atoms with Gasteiger partial charge in [0.2, 0.25) is 5.95 Å². The first-order chi connectivity index (χ1) is 14.3. The van der Waals surface area contributed by atoms with E-state index in [9.17, 15) is 4.79 Å². The zero-order valence-corrected chi connectivity index (χ0v) is 16.2. The number of hydrogen-bond donors (Lipinski definition) is 2. The van der Waals surface area contributed by atoms with Crippen LogP contribution in [0.3, 0.4) is 0 Å². The van der Waals surface area contributed by atoms with E-state index in [0.29, 0.717) is 17.4 Å². The average molecular weight is 388 g/mol. The molecule has 29 heavy (non-hydrogen) atoms. The highest BCUT2D eigenvalue weighted by atomic mass is 16.5. The number of ether oxygens (including phenoxy) is 1. The Morgan fingerprint density at radius 1 is 0.931 bits per heavy atom. The first kappa shape index (κ1) is 18.9. The molecule has 4 rings (SSSR count). The van der Waals surface area contributed by atoms with E-state index < -0.39 is 0 Å². The zero-order valence-electron chi connectivity index (χ0n) is 16.2. The second-order valence-electron chi connectivity index (χ2n) is 7.11. The molecule has 0 bridgehead atoms. The molecule has 2 aromatic carbocycles. The highest BCUT2D eigenvalue weighted by Gasteiger charge is 2.18. The summed E-state index contributed by atoms with van der Waals surface area (Å²) in [5, 5.41) is 6.25. The Kier molecular flexibility index (Phi) is 6.00. The second-order valence-corrected chi connectivity index (χ2v) is 7.11. The molecule has 148 valence electrons. The first-order valence-corrected chi connectivity index (χ1v) is 10.0. The third kappa shape index (κ3) is 5.10. The summed E-state index contributed by atoms with van der Waals surface area (Å²) in [5.41, 5.74) is 1.08. The predicted molar refractivity (Wildman–Crippen MR) is 113 cm³/mol. The summed E-state index contributed by atoms with van der Waals surface area (Å²) < 4.78 is 5.96. The summed E-state index contributed by atoms with van der Waals surface area (Å²) >= 11 is 0. The Morgan fingerprint density at radius 3 is 2.52 bits per heavy atom. The number of para-hydroxylation sites is 3. The standard InChI is InChI=1S/C23H24N4O2/c28-22(25-17-9-3-1-4-10-17)20-15-16-24-23(27-20)26-19-13-7-8-14-21(19)29-18-11-5-2-6-12-18/h2,5-8,11-17H,1,3-4,9-10H2,(H,25,28)(H,24,26,27). The van der Waals surface area contributed by atoms with Gasteiger partial charge in [0.25, 0.3) is 5.91 Å². The van der Waals surface area contributed by atoms with Gasteiger partial charge in [-0.1, -0.05) is 49.6 Å². The third-order valence-electron chi connectivity index (χ3n) is 4.93. The zero-order chi connectivity index (χ0) is 19.9. The quantitative estimate of drug-likeness (QED) is 0.616. The van der Waals surface area contributed by atoms with E-state index in [0.717, 1.165) is 24.3 Å². The lowest BCUT2D eigenvalue weighted by Crippen LogP contribution is -2.36. The largest absolute Gasteiger partial charge is 0.455 e. The van der Waals surface area contributed by atoms with Crippen molar-refractivity contribution in [2.24, 2.45) is 0 Å². The number of anilines is 2. The number of carbonyl (C=O) groups excluding carboxylic acids is 1. The normalized spacial score (nSPS) is 14.2. The maximum atomic E-state index is 12.6. The summed E-state index contributed by atoms with van der Waals surface area (Å²) in [6.07, 6.45) is 7.24. The van der Waals surface area contributed by atoms with Gasteiger partial charge in [-0.25, -0.2) is 9.97 Å². The smallest absolute Gasteiger partial charge is 0.270 e. The monoisotopic (exact) mass is 388 g/mol. The highest BCUT2D eigenvalue weighted by Crippen LogP contribution is 2.30. The van der Waals surface area contributed by atoms with E-state index in [1.807, 2.05) is 54.6 Å². The van der Waals surface area contributed by atoms with Gasteiger partial charge in [-0.3, -0.25) is 4.79 Å². The molecule has 1 aliphatic carbocycles. The molecule has 1 fully saturated rings. The van der Waals surface area contributed by atoms with Crippen LogP contribution >= 0.6 is 0 Å². The van der Waals surface area contributed by atoms with Crippen LogP contribution in [0.5, 0.6) is 11.5 Å². The van der Waals surface area contributed by atoms with Crippen molar-refractivity contribution < 1.29 is 9.53 Å². The Balaban J connectivity index is 1.47. The van der Waals surface area contributed by atoms with Gasteiger partial charge in [0.1, 0.15) is 11.4 Å². The van der Waals surface area contributed by atoms with Gasteiger partial charge >= 0.3 is 0 Å². The summed E-state index contributed by atoms with van der Waals surface area (Å²) in [7, 11) is 0. The molecule has 0 atom stereocenters. The van der Waals surface area contributed by atoms with Gasteiger partial charge < -0.3 is 15.4 Å². The Bertz CT molecular complexity index is 956. The Morgan fingerprint density at radius 2 is 1.69 bits per heavy atom. The summed E-state index contributed by atoms with van der Waals surface area (Å²) in [6.45, 7) is 0. The second kappa shape index (κ2) is 9.19. The van der Waals surface area contributed by atoms with Crippen LogP contribution in [0, 0.1) is 0 Å². The molecule has 1 amide bonds. The number of amides is 1. The minimum Gasteiger partial charge on any atom is -0.455 e. The van der Waals surface area contributed by atoms with Crippen LogP contribution in [0.4, 0.5) is 11.6 Å². The molecule has 1 saturated carbocycles. The molecule has 6 heteroatoms. The minimum atomic E-state index is -0.156. The number of nitrogens with one attached hydrogen (secondary N) is 2. The van der Waals surface area contributed by atoms with Gasteiger partial charge in [-0.15, -0.1) is 0 Å². The van der Waals surface area contributed by atoms with Crippen molar-refractivity contribution in [2.45, 2.75) is 38.1 Å². The molecule has 0 radical (unpaired) electrons. The summed E-state index contributed by atoms with van der Waals surface area (Å²) in [4.78, 5) is 21.2. The van der Waals surface area contributed by atoms with E-state index in [1.165, 1.54) is 19.3 Å². The number of benzene rings is 2. The molecule has 0 saturated heterocycles. The van der Waals surface area contributed by atoms with Crippen LogP contribution in [-0.2, 0) is 0 Å². The number of carbonyl (C=O) groups is 1. The van der Waals surface area contributed by atoms with Crippen LogP contribution in [0.2, 0.25) is 0 Å². The van der Waals surface area contributed by atoms with Gasteiger partial charge in [0.05, 0.1) is 5.69 Å². The van der Waals surface area contributed by atoms with Crippen molar-refractivity contribution in [1.82, 2.24) is 15.3 Å². The molecule has 0 aliphatic heterocycles. The number of hydrogen-bond acceptors (Lipinski definition) is 5. The van der Waals surface area contributed by atoms with E-state index in [1.54, 1.807) is 12.3 Å². The van der Waals surface area contributed by atoms with Crippen LogP contribution < -0.4 is 15.4 Å². The van der Waals surface area contributed by atoms with Crippen molar-refractivity contribution in [3.8, 4) is 11.5 Å². The fourth-order valence-corrected chi connectivity index (χ4v) is 3.45. The Hall–Kier alpha value is -3.41. The lowest BCUT2D eigenvalue weighted by molar-refractivity contribution is 0.0922. The average Bonchev–Trinajstić information content (AvgIpc) is 2.77. The SMILES string of the molecule is O=C(NC1CCCCC1)c1ccnc(Nc2ccccc2Oc2ccccc2)n1. The fraction of sp³-hybridized carbons (Fsp3) is 0.261. The van der Waals surface area contributed by atoms with Gasteiger partial charge in [-0.05, 0) is 43.2 Å². The molecule has 3 aromatic rings. The van der Waals surface area contributed by atoms with Crippen LogP contribution in [0.1, 0.15) is 42.6 Å². The number of rotatable bonds is 6. The molecular weight excluding hydrogens is 364 g/mol.